The van der Waals surface area contributed by atoms with Gasteiger partial charge in [-0.2, -0.15) is 5.10 Å². The van der Waals surface area contributed by atoms with Crippen molar-refractivity contribution in [2.24, 2.45) is 0 Å². The summed E-state index contributed by atoms with van der Waals surface area (Å²) in [6.07, 6.45) is 7.03. The number of hydrogen-bond donors (Lipinski definition) is 2. The van der Waals surface area contributed by atoms with Crippen LogP contribution in [0.25, 0.3) is 0 Å². The SMILES string of the molecule is CNc1ccccc1C(=O)NCc1ccn(C2CCCC2)n1. The van der Waals surface area contributed by atoms with Crippen molar-refractivity contribution in [1.82, 2.24) is 15.1 Å². The van der Waals surface area contributed by atoms with Crippen LogP contribution in [0, 0.1) is 0 Å². The summed E-state index contributed by atoms with van der Waals surface area (Å²) in [5, 5.41) is 10.6. The van der Waals surface area contributed by atoms with Crippen molar-refractivity contribution in [1.29, 1.82) is 0 Å². The van der Waals surface area contributed by atoms with Crippen molar-refractivity contribution in [2.75, 3.05) is 12.4 Å². The molecule has 0 atom stereocenters. The smallest absolute Gasteiger partial charge is 0.253 e. The molecule has 2 aromatic rings. The summed E-state index contributed by atoms with van der Waals surface area (Å²) in [6.45, 7) is 0.455. The van der Waals surface area contributed by atoms with Crippen molar-refractivity contribution in [2.45, 2.75) is 38.3 Å². The van der Waals surface area contributed by atoms with Gasteiger partial charge in [-0.1, -0.05) is 25.0 Å². The zero-order chi connectivity index (χ0) is 15.4. The molecule has 0 aliphatic heterocycles. The second-order valence-corrected chi connectivity index (χ2v) is 5.70. The lowest BCUT2D eigenvalue weighted by Gasteiger charge is -2.10. The molecule has 0 spiro atoms. The van der Waals surface area contributed by atoms with E-state index >= 15 is 0 Å². The van der Waals surface area contributed by atoms with Gasteiger partial charge in [0.05, 0.1) is 23.8 Å². The highest BCUT2D eigenvalue weighted by Crippen LogP contribution is 2.28. The average Bonchev–Trinajstić information content (AvgIpc) is 3.23. The Morgan fingerprint density at radius 1 is 1.27 bits per heavy atom. The number of nitrogens with one attached hydrogen (secondary N) is 2. The summed E-state index contributed by atoms with van der Waals surface area (Å²) in [6, 6.07) is 10.0. The fraction of sp³-hybridized carbons (Fsp3) is 0.412. The lowest BCUT2D eigenvalue weighted by atomic mass is 10.1. The number of anilines is 1. The molecule has 2 N–H and O–H groups in total. The van der Waals surface area contributed by atoms with Crippen LogP contribution in [0.3, 0.4) is 0 Å². The molecule has 0 unspecified atom stereocenters. The Hall–Kier alpha value is -2.30. The molecule has 1 aromatic heterocycles. The third kappa shape index (κ3) is 3.13. The van der Waals surface area contributed by atoms with E-state index in [9.17, 15) is 4.79 Å². The molecular weight excluding hydrogens is 276 g/mol. The number of benzene rings is 1. The van der Waals surface area contributed by atoms with E-state index in [1.54, 1.807) is 0 Å². The van der Waals surface area contributed by atoms with E-state index in [1.165, 1.54) is 25.7 Å². The van der Waals surface area contributed by atoms with Crippen LogP contribution in [0.4, 0.5) is 5.69 Å². The quantitative estimate of drug-likeness (QED) is 0.892. The van der Waals surface area contributed by atoms with E-state index in [-0.39, 0.29) is 5.91 Å². The van der Waals surface area contributed by atoms with Crippen molar-refractivity contribution < 1.29 is 4.79 Å². The first-order valence-corrected chi connectivity index (χ1v) is 7.87. The molecular formula is C17H22N4O. The van der Waals surface area contributed by atoms with Crippen LogP contribution in [0.5, 0.6) is 0 Å². The van der Waals surface area contributed by atoms with E-state index in [1.807, 2.05) is 43.6 Å². The van der Waals surface area contributed by atoms with E-state index < -0.39 is 0 Å². The minimum absolute atomic E-state index is 0.0830. The molecule has 1 aliphatic carbocycles. The molecule has 1 amide bonds. The van der Waals surface area contributed by atoms with Gasteiger partial charge in [0.2, 0.25) is 0 Å². The topological polar surface area (TPSA) is 59.0 Å². The van der Waals surface area contributed by atoms with Crippen molar-refractivity contribution in [3.63, 3.8) is 0 Å². The number of para-hydroxylation sites is 1. The Labute approximate surface area is 130 Å². The number of amides is 1. The molecule has 1 aliphatic rings. The van der Waals surface area contributed by atoms with Crippen molar-refractivity contribution in [3.8, 4) is 0 Å². The van der Waals surface area contributed by atoms with E-state index in [0.717, 1.165) is 11.4 Å². The van der Waals surface area contributed by atoms with Gasteiger partial charge in [-0.15, -0.1) is 0 Å². The zero-order valence-corrected chi connectivity index (χ0v) is 12.9. The third-order valence-corrected chi connectivity index (χ3v) is 4.23. The van der Waals surface area contributed by atoms with Crippen LogP contribution in [0.1, 0.15) is 47.8 Å². The number of hydrogen-bond acceptors (Lipinski definition) is 3. The highest BCUT2D eigenvalue weighted by Gasteiger charge is 2.17. The highest BCUT2D eigenvalue weighted by atomic mass is 16.1. The maximum Gasteiger partial charge on any atom is 0.253 e. The lowest BCUT2D eigenvalue weighted by molar-refractivity contribution is 0.0951. The molecule has 0 radical (unpaired) electrons. The van der Waals surface area contributed by atoms with Crippen LogP contribution in [-0.4, -0.2) is 22.7 Å². The van der Waals surface area contributed by atoms with Crippen molar-refractivity contribution in [3.05, 3.63) is 47.8 Å². The highest BCUT2D eigenvalue weighted by molar-refractivity contribution is 5.99. The number of rotatable bonds is 5. The summed E-state index contributed by atoms with van der Waals surface area (Å²) in [4.78, 5) is 12.3. The monoisotopic (exact) mass is 298 g/mol. The Bertz CT molecular complexity index is 644. The summed E-state index contributed by atoms with van der Waals surface area (Å²) in [7, 11) is 1.81. The summed E-state index contributed by atoms with van der Waals surface area (Å²) >= 11 is 0. The molecule has 5 nitrogen and oxygen atoms in total. The average molecular weight is 298 g/mol. The van der Waals surface area contributed by atoms with Crippen LogP contribution < -0.4 is 10.6 Å². The van der Waals surface area contributed by atoms with Crippen molar-refractivity contribution >= 4 is 11.6 Å². The van der Waals surface area contributed by atoms with Gasteiger partial charge in [0, 0.05) is 18.9 Å². The maximum absolute atomic E-state index is 12.3. The second kappa shape index (κ2) is 6.64. The molecule has 3 rings (SSSR count). The van der Waals surface area contributed by atoms with E-state index in [2.05, 4.69) is 20.4 Å². The second-order valence-electron chi connectivity index (χ2n) is 5.70. The summed E-state index contributed by atoms with van der Waals surface area (Å²) < 4.78 is 2.05. The molecule has 1 heterocycles. The first-order valence-electron chi connectivity index (χ1n) is 7.87. The number of aromatic nitrogens is 2. The molecule has 1 fully saturated rings. The van der Waals surface area contributed by atoms with Gasteiger partial charge >= 0.3 is 0 Å². The Balaban J connectivity index is 1.61. The first kappa shape index (κ1) is 14.6. The molecule has 0 saturated heterocycles. The van der Waals surface area contributed by atoms with E-state index in [0.29, 0.717) is 18.2 Å². The van der Waals surface area contributed by atoms with Crippen LogP contribution in [0.15, 0.2) is 36.5 Å². The number of carbonyl (C=O) groups excluding carboxylic acids is 1. The zero-order valence-electron chi connectivity index (χ0n) is 12.9. The number of nitrogens with zero attached hydrogens (tertiary/aromatic N) is 2. The van der Waals surface area contributed by atoms with Crippen LogP contribution in [-0.2, 0) is 6.54 Å². The largest absolute Gasteiger partial charge is 0.387 e. The first-order chi connectivity index (χ1) is 10.8. The van der Waals surface area contributed by atoms with E-state index in [4.69, 9.17) is 0 Å². The van der Waals surface area contributed by atoms with Crippen LogP contribution in [0.2, 0.25) is 0 Å². The number of carbonyl (C=O) groups is 1. The van der Waals surface area contributed by atoms with Gasteiger partial charge in [-0.05, 0) is 31.0 Å². The fourth-order valence-corrected chi connectivity index (χ4v) is 3.01. The summed E-state index contributed by atoms with van der Waals surface area (Å²) in [5.74, 6) is -0.0830. The normalized spacial score (nSPS) is 15.0. The summed E-state index contributed by atoms with van der Waals surface area (Å²) in [5.41, 5.74) is 2.39. The van der Waals surface area contributed by atoms with Crippen LogP contribution >= 0.6 is 0 Å². The lowest BCUT2D eigenvalue weighted by Crippen LogP contribution is -2.24. The molecule has 5 heteroatoms. The Morgan fingerprint density at radius 3 is 2.82 bits per heavy atom. The molecule has 116 valence electrons. The maximum atomic E-state index is 12.3. The fourth-order valence-electron chi connectivity index (χ4n) is 3.01. The molecule has 1 saturated carbocycles. The predicted molar refractivity (Wildman–Crippen MR) is 86.9 cm³/mol. The molecule has 22 heavy (non-hydrogen) atoms. The van der Waals surface area contributed by atoms with Gasteiger partial charge in [-0.3, -0.25) is 9.48 Å². The van der Waals surface area contributed by atoms with Gasteiger partial charge in [-0.25, -0.2) is 0 Å². The Morgan fingerprint density at radius 2 is 2.05 bits per heavy atom. The van der Waals surface area contributed by atoms with Gasteiger partial charge in [0.15, 0.2) is 0 Å². The minimum Gasteiger partial charge on any atom is -0.387 e. The molecule has 1 aromatic carbocycles. The van der Waals surface area contributed by atoms with Gasteiger partial charge in [0.25, 0.3) is 5.91 Å². The molecule has 0 bridgehead atoms. The standard InChI is InChI=1S/C17H22N4O/c1-18-16-9-5-4-8-15(16)17(22)19-12-13-10-11-21(20-13)14-6-2-3-7-14/h4-5,8-11,14,18H,2-3,6-7,12H2,1H3,(H,19,22). The Kier molecular flexibility index (Phi) is 4.42. The van der Waals surface area contributed by atoms with Gasteiger partial charge in [0.1, 0.15) is 0 Å². The minimum atomic E-state index is -0.0830. The van der Waals surface area contributed by atoms with Gasteiger partial charge < -0.3 is 10.6 Å². The predicted octanol–water partition coefficient (Wildman–Crippen LogP) is 2.97. The third-order valence-electron chi connectivity index (χ3n) is 4.23.